The van der Waals surface area contributed by atoms with E-state index < -0.39 is 5.97 Å². The first-order valence-electron chi connectivity index (χ1n) is 4.07. The minimum atomic E-state index is -0.425. The van der Waals surface area contributed by atoms with Crippen molar-refractivity contribution >= 4 is 11.5 Å². The Bertz CT molecular complexity index is 328. The highest BCUT2D eigenvalue weighted by atomic mass is 16.5. The number of methoxy groups -OCH3 is 2. The molecular weight excluding hydrogens is 180 g/mol. The van der Waals surface area contributed by atoms with Crippen molar-refractivity contribution in [3.05, 3.63) is 42.2 Å². The fourth-order valence-corrected chi connectivity index (χ4v) is 1.02. The molecule has 1 rings (SSSR count). The number of carbonyl (C=O) groups excluding carboxylic acids is 1. The molecule has 0 aromatic heterocycles. The standard InChI is InChI=1S/C11H11O3/c1-13-8-10(11(12)14-2)9-6-4-3-5-7-9/h3-4,6-8H,1-2H3. The van der Waals surface area contributed by atoms with Crippen LogP contribution in [0.4, 0.5) is 0 Å². The summed E-state index contributed by atoms with van der Waals surface area (Å²) in [6, 6.07) is 9.91. The van der Waals surface area contributed by atoms with Crippen molar-refractivity contribution in [2.45, 2.75) is 0 Å². The van der Waals surface area contributed by atoms with Gasteiger partial charge in [0.25, 0.3) is 0 Å². The van der Waals surface area contributed by atoms with Crippen LogP contribution in [-0.2, 0) is 14.3 Å². The van der Waals surface area contributed by atoms with E-state index in [4.69, 9.17) is 4.74 Å². The molecule has 0 saturated carbocycles. The fourth-order valence-electron chi connectivity index (χ4n) is 1.02. The summed E-state index contributed by atoms with van der Waals surface area (Å²) in [6.07, 6.45) is 1.36. The van der Waals surface area contributed by atoms with Crippen LogP contribution < -0.4 is 0 Å². The fraction of sp³-hybridized carbons (Fsp3) is 0.182. The number of ether oxygens (including phenoxy) is 2. The summed E-state index contributed by atoms with van der Waals surface area (Å²) in [7, 11) is 2.81. The molecule has 3 heteroatoms. The van der Waals surface area contributed by atoms with E-state index >= 15 is 0 Å². The molecule has 0 spiro atoms. The number of carbonyl (C=O) groups is 1. The van der Waals surface area contributed by atoms with E-state index in [1.54, 1.807) is 24.3 Å². The van der Waals surface area contributed by atoms with E-state index in [0.717, 1.165) is 5.56 Å². The van der Waals surface area contributed by atoms with E-state index in [9.17, 15) is 4.79 Å². The molecule has 0 bridgehead atoms. The van der Waals surface area contributed by atoms with Gasteiger partial charge < -0.3 is 9.47 Å². The summed E-state index contributed by atoms with van der Waals surface area (Å²) in [5, 5.41) is 0. The lowest BCUT2D eigenvalue weighted by Gasteiger charge is -2.04. The molecule has 0 aliphatic carbocycles. The normalized spacial score (nSPS) is 10.9. The topological polar surface area (TPSA) is 35.5 Å². The Morgan fingerprint density at radius 1 is 1.50 bits per heavy atom. The number of rotatable bonds is 3. The third-order valence-corrected chi connectivity index (χ3v) is 1.66. The lowest BCUT2D eigenvalue weighted by atomic mass is 10.1. The predicted octanol–water partition coefficient (Wildman–Crippen LogP) is 1.65. The largest absolute Gasteiger partial charge is 0.503 e. The Hall–Kier alpha value is -1.77. The predicted molar refractivity (Wildman–Crippen MR) is 52.3 cm³/mol. The van der Waals surface area contributed by atoms with Gasteiger partial charge in [0.2, 0.25) is 0 Å². The van der Waals surface area contributed by atoms with Gasteiger partial charge in [0, 0.05) is 0 Å². The SMILES string of the molecule is COC=C(C(=O)OC)c1c[c]ccc1. The third-order valence-electron chi connectivity index (χ3n) is 1.66. The van der Waals surface area contributed by atoms with Crippen molar-refractivity contribution in [2.24, 2.45) is 0 Å². The molecular formula is C11H11O3. The second kappa shape index (κ2) is 5.07. The molecule has 0 aliphatic rings. The molecule has 0 N–H and O–H groups in total. The van der Waals surface area contributed by atoms with E-state index in [1.165, 1.54) is 20.5 Å². The maximum absolute atomic E-state index is 11.3. The molecule has 0 aliphatic heterocycles. The molecule has 0 saturated heterocycles. The number of esters is 1. The van der Waals surface area contributed by atoms with Crippen LogP contribution in [-0.4, -0.2) is 20.2 Å². The molecule has 1 aromatic carbocycles. The third kappa shape index (κ3) is 2.36. The first-order valence-corrected chi connectivity index (χ1v) is 4.07. The van der Waals surface area contributed by atoms with Gasteiger partial charge in [-0.05, 0) is 17.7 Å². The molecule has 0 heterocycles. The maximum atomic E-state index is 11.3. The lowest BCUT2D eigenvalue weighted by molar-refractivity contribution is -0.133. The quantitative estimate of drug-likeness (QED) is 0.414. The van der Waals surface area contributed by atoms with Crippen LogP contribution in [0.25, 0.3) is 5.57 Å². The van der Waals surface area contributed by atoms with Crippen molar-refractivity contribution < 1.29 is 14.3 Å². The summed E-state index contributed by atoms with van der Waals surface area (Å²) in [4.78, 5) is 11.3. The Morgan fingerprint density at radius 2 is 2.29 bits per heavy atom. The Kier molecular flexibility index (Phi) is 3.73. The van der Waals surface area contributed by atoms with E-state index in [0.29, 0.717) is 5.57 Å². The summed E-state index contributed by atoms with van der Waals surface area (Å²) in [5.74, 6) is -0.425. The summed E-state index contributed by atoms with van der Waals surface area (Å²) < 4.78 is 9.42. The van der Waals surface area contributed by atoms with Gasteiger partial charge >= 0.3 is 5.97 Å². The monoisotopic (exact) mass is 191 g/mol. The van der Waals surface area contributed by atoms with Gasteiger partial charge in [0.1, 0.15) is 5.57 Å². The van der Waals surface area contributed by atoms with Crippen molar-refractivity contribution in [1.29, 1.82) is 0 Å². The Labute approximate surface area is 83.0 Å². The summed E-state index contributed by atoms with van der Waals surface area (Å²) in [6.45, 7) is 0. The minimum Gasteiger partial charge on any atom is -0.503 e. The molecule has 0 fully saturated rings. The highest BCUT2D eigenvalue weighted by Crippen LogP contribution is 2.14. The highest BCUT2D eigenvalue weighted by Gasteiger charge is 2.11. The van der Waals surface area contributed by atoms with Crippen LogP contribution in [0.2, 0.25) is 0 Å². The van der Waals surface area contributed by atoms with Gasteiger partial charge in [-0.25, -0.2) is 4.79 Å². The van der Waals surface area contributed by atoms with Gasteiger partial charge in [-0.2, -0.15) is 0 Å². The van der Waals surface area contributed by atoms with Gasteiger partial charge in [-0.1, -0.05) is 18.2 Å². The average molecular weight is 191 g/mol. The molecule has 1 aromatic rings. The maximum Gasteiger partial charge on any atom is 0.341 e. The van der Waals surface area contributed by atoms with E-state index in [2.05, 4.69) is 10.8 Å². The van der Waals surface area contributed by atoms with Crippen LogP contribution in [0.5, 0.6) is 0 Å². The number of hydrogen-bond acceptors (Lipinski definition) is 3. The molecule has 0 unspecified atom stereocenters. The van der Waals surface area contributed by atoms with E-state index in [1.807, 2.05) is 0 Å². The van der Waals surface area contributed by atoms with Gasteiger partial charge in [-0.15, -0.1) is 0 Å². The van der Waals surface area contributed by atoms with Crippen molar-refractivity contribution in [3.8, 4) is 0 Å². The molecule has 0 amide bonds. The molecule has 3 nitrogen and oxygen atoms in total. The first-order chi connectivity index (χ1) is 6.79. The molecule has 0 atom stereocenters. The minimum absolute atomic E-state index is 0.381. The zero-order chi connectivity index (χ0) is 10.4. The van der Waals surface area contributed by atoms with Gasteiger partial charge in [0.15, 0.2) is 0 Å². The van der Waals surface area contributed by atoms with E-state index in [-0.39, 0.29) is 0 Å². The Morgan fingerprint density at radius 3 is 2.79 bits per heavy atom. The highest BCUT2D eigenvalue weighted by molar-refractivity contribution is 6.16. The average Bonchev–Trinajstić information content (AvgIpc) is 2.26. The first kappa shape index (κ1) is 10.3. The van der Waals surface area contributed by atoms with Crippen molar-refractivity contribution in [3.63, 3.8) is 0 Å². The molecule has 1 radical (unpaired) electrons. The summed E-state index contributed by atoms with van der Waals surface area (Å²) >= 11 is 0. The van der Waals surface area contributed by atoms with Crippen molar-refractivity contribution in [1.82, 2.24) is 0 Å². The zero-order valence-electron chi connectivity index (χ0n) is 8.11. The van der Waals surface area contributed by atoms with Gasteiger partial charge in [-0.3, -0.25) is 0 Å². The zero-order valence-corrected chi connectivity index (χ0v) is 8.11. The van der Waals surface area contributed by atoms with Crippen LogP contribution in [0.3, 0.4) is 0 Å². The number of hydrogen-bond donors (Lipinski definition) is 0. The van der Waals surface area contributed by atoms with Crippen LogP contribution in [0.15, 0.2) is 30.5 Å². The second-order valence-electron chi connectivity index (χ2n) is 2.55. The van der Waals surface area contributed by atoms with Crippen LogP contribution in [0, 0.1) is 6.07 Å². The molecule has 73 valence electrons. The van der Waals surface area contributed by atoms with Crippen LogP contribution in [0.1, 0.15) is 5.56 Å². The Balaban J connectivity index is 3.02. The second-order valence-corrected chi connectivity index (χ2v) is 2.55. The summed E-state index contributed by atoms with van der Waals surface area (Å²) in [5.41, 5.74) is 1.10. The smallest absolute Gasteiger partial charge is 0.341 e. The number of benzene rings is 1. The van der Waals surface area contributed by atoms with Crippen molar-refractivity contribution in [2.75, 3.05) is 14.2 Å². The lowest BCUT2D eigenvalue weighted by Crippen LogP contribution is -2.04. The van der Waals surface area contributed by atoms with Crippen LogP contribution >= 0.6 is 0 Å². The molecule has 14 heavy (non-hydrogen) atoms. The van der Waals surface area contributed by atoms with Gasteiger partial charge in [0.05, 0.1) is 20.5 Å².